The molecule has 0 atom stereocenters. The molecule has 1 N–H and O–H groups in total. The predicted molar refractivity (Wildman–Crippen MR) is 101 cm³/mol. The molecule has 0 amide bonds. The molecule has 0 bridgehead atoms. The first kappa shape index (κ1) is 14.3. The Hall–Kier alpha value is -3.06. The Kier molecular flexibility index (Phi) is 3.14. The summed E-state index contributed by atoms with van der Waals surface area (Å²) < 4.78 is 0. The Morgan fingerprint density at radius 3 is 2.48 bits per heavy atom. The summed E-state index contributed by atoms with van der Waals surface area (Å²) in [6.45, 7) is 0. The van der Waals surface area contributed by atoms with Gasteiger partial charge in [-0.2, -0.15) is 0 Å². The van der Waals surface area contributed by atoms with E-state index in [1.807, 2.05) is 12.1 Å². The first-order chi connectivity index (χ1) is 12.3. The van der Waals surface area contributed by atoms with Crippen LogP contribution in [0.3, 0.4) is 0 Å². The molecular formula is C24H18O. The summed E-state index contributed by atoms with van der Waals surface area (Å²) >= 11 is 0. The van der Waals surface area contributed by atoms with Crippen LogP contribution in [0.15, 0.2) is 72.8 Å². The lowest BCUT2D eigenvalue weighted by Crippen LogP contribution is -2.21. The van der Waals surface area contributed by atoms with Gasteiger partial charge in [0.25, 0.3) is 0 Å². The number of allylic oxidation sites excluding steroid dienone is 2. The van der Waals surface area contributed by atoms with Gasteiger partial charge in [-0.15, -0.1) is 0 Å². The van der Waals surface area contributed by atoms with Gasteiger partial charge >= 0.3 is 0 Å². The summed E-state index contributed by atoms with van der Waals surface area (Å²) in [7, 11) is 0. The molecule has 0 aromatic heterocycles. The first-order valence-electron chi connectivity index (χ1n) is 8.72. The SMILES string of the molecule is Oc1cccc(C2=c3ccc4c(c3CC=C2)CC=c2ccccc2=4)c1. The fourth-order valence-electron chi connectivity index (χ4n) is 4.11. The van der Waals surface area contributed by atoms with Crippen molar-refractivity contribution in [3.8, 4) is 5.75 Å². The lowest BCUT2D eigenvalue weighted by Gasteiger charge is -2.17. The third kappa shape index (κ3) is 2.24. The average molecular weight is 322 g/mol. The lowest BCUT2D eigenvalue weighted by atomic mass is 9.87. The summed E-state index contributed by atoms with van der Waals surface area (Å²) in [5.74, 6) is 0.311. The number of rotatable bonds is 1. The minimum Gasteiger partial charge on any atom is -0.508 e. The number of aromatic hydroxyl groups is 1. The van der Waals surface area contributed by atoms with Crippen LogP contribution in [0.2, 0.25) is 0 Å². The van der Waals surface area contributed by atoms with Crippen LogP contribution in [0, 0.1) is 10.4 Å². The van der Waals surface area contributed by atoms with Gasteiger partial charge in [-0.25, -0.2) is 0 Å². The second-order valence-corrected chi connectivity index (χ2v) is 6.68. The molecule has 120 valence electrons. The fraction of sp³-hybridized carbons (Fsp3) is 0.0833. The van der Waals surface area contributed by atoms with Crippen LogP contribution in [0.5, 0.6) is 5.75 Å². The van der Waals surface area contributed by atoms with Crippen molar-refractivity contribution in [3.63, 3.8) is 0 Å². The molecule has 0 fully saturated rings. The molecule has 1 nitrogen and oxygen atoms in total. The lowest BCUT2D eigenvalue weighted by molar-refractivity contribution is 0.475. The third-order valence-corrected chi connectivity index (χ3v) is 5.26. The Morgan fingerprint density at radius 1 is 0.720 bits per heavy atom. The van der Waals surface area contributed by atoms with Gasteiger partial charge < -0.3 is 5.11 Å². The summed E-state index contributed by atoms with van der Waals surface area (Å²) in [4.78, 5) is 0. The Labute approximate surface area is 146 Å². The van der Waals surface area contributed by atoms with Crippen LogP contribution >= 0.6 is 0 Å². The van der Waals surface area contributed by atoms with E-state index in [-0.39, 0.29) is 0 Å². The van der Waals surface area contributed by atoms with Crippen LogP contribution in [0.4, 0.5) is 0 Å². The standard InChI is InChI=1S/C24H18O/c25-18-7-3-6-17(15-18)20-9-4-10-21-23(20)14-13-22-19-8-2-1-5-16(19)11-12-24(21)22/h1-9,11,13-15,25H,10,12H2. The molecule has 2 aliphatic rings. The monoisotopic (exact) mass is 322 g/mol. The normalized spacial score (nSPS) is 14.3. The second-order valence-electron chi connectivity index (χ2n) is 6.68. The average Bonchev–Trinajstić information content (AvgIpc) is 2.67. The van der Waals surface area contributed by atoms with Crippen LogP contribution in [0.25, 0.3) is 11.6 Å². The number of hydrogen-bond acceptors (Lipinski definition) is 1. The minimum atomic E-state index is 0.311. The van der Waals surface area contributed by atoms with Gasteiger partial charge in [0, 0.05) is 0 Å². The van der Waals surface area contributed by atoms with E-state index in [0.29, 0.717) is 5.75 Å². The van der Waals surface area contributed by atoms with Crippen LogP contribution < -0.4 is 10.4 Å². The second kappa shape index (κ2) is 5.49. The molecule has 0 heterocycles. The highest BCUT2D eigenvalue weighted by molar-refractivity contribution is 5.76. The largest absolute Gasteiger partial charge is 0.508 e. The summed E-state index contributed by atoms with van der Waals surface area (Å²) in [6.07, 6.45) is 8.71. The molecule has 0 aliphatic heterocycles. The highest BCUT2D eigenvalue weighted by atomic mass is 16.3. The van der Waals surface area contributed by atoms with Gasteiger partial charge in [-0.1, -0.05) is 66.8 Å². The number of benzene rings is 3. The maximum absolute atomic E-state index is 9.85. The molecule has 1 heteroatoms. The number of phenolic OH excluding ortho intramolecular Hbond substituents is 1. The fourth-order valence-corrected chi connectivity index (χ4v) is 4.11. The topological polar surface area (TPSA) is 20.2 Å². The van der Waals surface area contributed by atoms with Gasteiger partial charge in [0.1, 0.15) is 5.75 Å². The predicted octanol–water partition coefficient (Wildman–Crippen LogP) is 3.33. The number of phenols is 1. The minimum absolute atomic E-state index is 0.311. The van der Waals surface area contributed by atoms with Crippen LogP contribution in [-0.4, -0.2) is 5.11 Å². The van der Waals surface area contributed by atoms with Gasteiger partial charge in [0.15, 0.2) is 0 Å². The maximum Gasteiger partial charge on any atom is 0.116 e. The van der Waals surface area contributed by atoms with Gasteiger partial charge in [-0.05, 0) is 68.1 Å². The molecular weight excluding hydrogens is 304 g/mol. The van der Waals surface area contributed by atoms with Gasteiger partial charge in [-0.3, -0.25) is 0 Å². The van der Waals surface area contributed by atoms with Crippen molar-refractivity contribution in [1.29, 1.82) is 0 Å². The van der Waals surface area contributed by atoms with Crippen molar-refractivity contribution >= 4 is 11.6 Å². The Balaban J connectivity index is 1.89. The highest BCUT2D eigenvalue weighted by Gasteiger charge is 2.13. The van der Waals surface area contributed by atoms with Crippen LogP contribution in [-0.2, 0) is 12.8 Å². The van der Waals surface area contributed by atoms with E-state index in [4.69, 9.17) is 0 Å². The molecule has 3 aromatic rings. The molecule has 25 heavy (non-hydrogen) atoms. The Morgan fingerprint density at radius 2 is 1.56 bits per heavy atom. The molecule has 0 saturated carbocycles. The molecule has 0 unspecified atom stereocenters. The van der Waals surface area contributed by atoms with Crippen molar-refractivity contribution in [2.75, 3.05) is 0 Å². The number of hydrogen-bond donors (Lipinski definition) is 1. The summed E-state index contributed by atoms with van der Waals surface area (Å²) in [6, 6.07) is 20.7. The zero-order valence-corrected chi connectivity index (χ0v) is 13.9. The van der Waals surface area contributed by atoms with E-state index < -0.39 is 0 Å². The van der Waals surface area contributed by atoms with Crippen molar-refractivity contribution in [2.24, 2.45) is 0 Å². The third-order valence-electron chi connectivity index (χ3n) is 5.26. The van der Waals surface area contributed by atoms with Gasteiger partial charge in [0.2, 0.25) is 0 Å². The number of fused-ring (bicyclic) bond motifs is 4. The van der Waals surface area contributed by atoms with E-state index in [2.05, 4.69) is 60.7 Å². The zero-order valence-electron chi connectivity index (χ0n) is 13.9. The van der Waals surface area contributed by atoms with E-state index in [0.717, 1.165) is 18.4 Å². The van der Waals surface area contributed by atoms with E-state index >= 15 is 0 Å². The molecule has 0 spiro atoms. The first-order valence-corrected chi connectivity index (χ1v) is 8.72. The van der Waals surface area contributed by atoms with Crippen molar-refractivity contribution in [3.05, 3.63) is 110 Å². The van der Waals surface area contributed by atoms with Crippen molar-refractivity contribution < 1.29 is 5.11 Å². The molecule has 2 aliphatic carbocycles. The van der Waals surface area contributed by atoms with Gasteiger partial charge in [0.05, 0.1) is 0 Å². The Bertz CT molecular complexity index is 1250. The van der Waals surface area contributed by atoms with E-state index in [9.17, 15) is 5.11 Å². The quantitative estimate of drug-likeness (QED) is 0.729. The molecule has 0 radical (unpaired) electrons. The van der Waals surface area contributed by atoms with E-state index in [1.165, 1.54) is 37.6 Å². The maximum atomic E-state index is 9.85. The zero-order chi connectivity index (χ0) is 16.8. The molecule has 0 saturated heterocycles. The van der Waals surface area contributed by atoms with Crippen molar-refractivity contribution in [1.82, 2.24) is 0 Å². The highest BCUT2D eigenvalue weighted by Crippen LogP contribution is 2.23. The summed E-state index contributed by atoms with van der Waals surface area (Å²) in [5, 5.41) is 15.2. The van der Waals surface area contributed by atoms with Crippen LogP contribution in [0.1, 0.15) is 16.7 Å². The van der Waals surface area contributed by atoms with E-state index in [1.54, 1.807) is 6.07 Å². The smallest absolute Gasteiger partial charge is 0.116 e. The van der Waals surface area contributed by atoms with Crippen molar-refractivity contribution in [2.45, 2.75) is 12.8 Å². The molecule has 3 aromatic carbocycles. The molecule has 5 rings (SSSR count). The summed E-state index contributed by atoms with van der Waals surface area (Å²) in [5.41, 5.74) is 5.12.